The van der Waals surface area contributed by atoms with E-state index in [-0.39, 0.29) is 0 Å². The van der Waals surface area contributed by atoms with Crippen LogP contribution in [0.25, 0.3) is 0 Å². The lowest BCUT2D eigenvalue weighted by Crippen LogP contribution is -2.51. The Morgan fingerprint density at radius 1 is 0.731 bits per heavy atom. The summed E-state index contributed by atoms with van der Waals surface area (Å²) in [6, 6.07) is 0. The van der Waals surface area contributed by atoms with Crippen LogP contribution in [0, 0.1) is 10.8 Å². The smallest absolute Gasteiger partial charge is 0.315 e. The molecule has 2 aliphatic carbocycles. The molecule has 4 heteroatoms. The maximum Gasteiger partial charge on any atom is 0.315 e. The fraction of sp³-hybridized carbons (Fsp3) is 0.727. The molecule has 26 heavy (non-hydrogen) atoms. The number of allylic oxidation sites excluding steroid dienone is 2. The van der Waals surface area contributed by atoms with E-state index in [1.54, 1.807) is 24.3 Å². The van der Waals surface area contributed by atoms with E-state index in [0.717, 1.165) is 12.8 Å². The van der Waals surface area contributed by atoms with Crippen molar-refractivity contribution in [2.45, 2.75) is 90.9 Å². The Morgan fingerprint density at radius 3 is 1.27 bits per heavy atom. The fourth-order valence-electron chi connectivity index (χ4n) is 4.06. The lowest BCUT2D eigenvalue weighted by molar-refractivity contribution is -0.167. The quantitative estimate of drug-likeness (QED) is 0.556. The summed E-state index contributed by atoms with van der Waals surface area (Å²) in [5, 5.41) is 19.5. The lowest BCUT2D eigenvalue weighted by Gasteiger charge is -2.43. The average molecular weight is 365 g/mol. The van der Waals surface area contributed by atoms with Gasteiger partial charge in [0.1, 0.15) is 10.8 Å². The van der Waals surface area contributed by atoms with Crippen LogP contribution in [-0.2, 0) is 9.59 Å². The third-order valence-electron chi connectivity index (χ3n) is 5.78. The van der Waals surface area contributed by atoms with Crippen LogP contribution in [0.4, 0.5) is 0 Å². The second-order valence-corrected chi connectivity index (χ2v) is 7.60. The van der Waals surface area contributed by atoms with E-state index in [9.17, 15) is 19.8 Å². The predicted molar refractivity (Wildman–Crippen MR) is 105 cm³/mol. The minimum atomic E-state index is -1.33. The van der Waals surface area contributed by atoms with Crippen molar-refractivity contribution < 1.29 is 19.8 Å². The van der Waals surface area contributed by atoms with Crippen LogP contribution in [0.2, 0.25) is 0 Å². The van der Waals surface area contributed by atoms with E-state index < -0.39 is 22.8 Å². The van der Waals surface area contributed by atoms with Crippen molar-refractivity contribution in [3.63, 3.8) is 0 Å². The van der Waals surface area contributed by atoms with Crippen LogP contribution in [0.5, 0.6) is 0 Å². The Hall–Kier alpha value is -1.58. The van der Waals surface area contributed by atoms with Gasteiger partial charge < -0.3 is 10.2 Å². The van der Waals surface area contributed by atoms with Crippen molar-refractivity contribution in [3.8, 4) is 0 Å². The summed E-state index contributed by atoms with van der Waals surface area (Å²) >= 11 is 0. The zero-order valence-corrected chi connectivity index (χ0v) is 16.5. The first-order valence-electron chi connectivity index (χ1n) is 10.3. The molecule has 0 heterocycles. The molecule has 2 atom stereocenters. The summed E-state index contributed by atoms with van der Waals surface area (Å²) in [4.78, 5) is 23.8. The first-order valence-corrected chi connectivity index (χ1v) is 10.3. The number of carboxylic acids is 2. The summed E-state index contributed by atoms with van der Waals surface area (Å²) in [6.45, 7) is 3.96. The van der Waals surface area contributed by atoms with E-state index in [1.165, 1.54) is 38.5 Å². The van der Waals surface area contributed by atoms with E-state index >= 15 is 0 Å². The highest BCUT2D eigenvalue weighted by Crippen LogP contribution is 2.51. The van der Waals surface area contributed by atoms with Crippen LogP contribution < -0.4 is 0 Å². The molecule has 0 bridgehead atoms. The standard InChI is InChI=1S/C16H24O4.C6H12/c1-3-5-9-15(13(17)18)11-7-8-12-16(15,14(19)20)10-6-4-2;1-2-4-6-5-3-1/h7-8,11-12H,3-6,9-10H2,1-2H3,(H,17,18)(H,19,20);1-6H2. The number of rotatable bonds is 8. The normalized spacial score (nSPS) is 27.5. The summed E-state index contributed by atoms with van der Waals surface area (Å²) < 4.78 is 0. The van der Waals surface area contributed by atoms with Crippen molar-refractivity contribution >= 4 is 11.9 Å². The van der Waals surface area contributed by atoms with Gasteiger partial charge in [-0.25, -0.2) is 0 Å². The predicted octanol–water partition coefficient (Wildman–Crippen LogP) is 5.98. The number of hydrogen-bond acceptors (Lipinski definition) is 2. The molecule has 1 saturated carbocycles. The Bertz CT molecular complexity index is 453. The molecule has 0 amide bonds. The van der Waals surface area contributed by atoms with Gasteiger partial charge >= 0.3 is 11.9 Å². The molecule has 148 valence electrons. The molecular formula is C22H36O4. The topological polar surface area (TPSA) is 74.6 Å². The number of carboxylic acid groups (broad SMARTS) is 2. The van der Waals surface area contributed by atoms with Gasteiger partial charge in [-0.3, -0.25) is 9.59 Å². The lowest BCUT2D eigenvalue weighted by atomic mass is 9.57. The Balaban J connectivity index is 0.000000472. The molecule has 0 aromatic carbocycles. The summed E-state index contributed by atoms with van der Waals surface area (Å²) in [5.74, 6) is -2.07. The maximum absolute atomic E-state index is 11.9. The highest BCUT2D eigenvalue weighted by Gasteiger charge is 2.58. The van der Waals surface area contributed by atoms with Gasteiger partial charge in [-0.2, -0.15) is 0 Å². The minimum absolute atomic E-state index is 0.357. The zero-order chi connectivity index (χ0) is 19.5. The Morgan fingerprint density at radius 2 is 1.04 bits per heavy atom. The van der Waals surface area contributed by atoms with Gasteiger partial charge in [0, 0.05) is 0 Å². The third kappa shape index (κ3) is 5.21. The maximum atomic E-state index is 11.9. The van der Waals surface area contributed by atoms with Crippen molar-refractivity contribution in [2.75, 3.05) is 0 Å². The van der Waals surface area contributed by atoms with Crippen molar-refractivity contribution in [1.29, 1.82) is 0 Å². The number of unbranched alkanes of at least 4 members (excludes halogenated alkanes) is 2. The van der Waals surface area contributed by atoms with Gasteiger partial charge in [-0.1, -0.05) is 102 Å². The molecule has 1 fully saturated rings. The minimum Gasteiger partial charge on any atom is -0.481 e. The molecule has 0 radical (unpaired) electrons. The molecule has 0 aromatic heterocycles. The van der Waals surface area contributed by atoms with Crippen molar-refractivity contribution in [3.05, 3.63) is 24.3 Å². The molecule has 2 unspecified atom stereocenters. The summed E-state index contributed by atoms with van der Waals surface area (Å²) in [6.07, 6.45) is 19.3. The van der Waals surface area contributed by atoms with Gasteiger partial charge in [0.2, 0.25) is 0 Å². The number of hydrogen-bond donors (Lipinski definition) is 2. The first kappa shape index (κ1) is 22.5. The average Bonchev–Trinajstić information content (AvgIpc) is 2.66. The molecule has 2 aliphatic rings. The van der Waals surface area contributed by atoms with Crippen molar-refractivity contribution in [1.82, 2.24) is 0 Å². The van der Waals surface area contributed by atoms with Crippen LogP contribution in [0.3, 0.4) is 0 Å². The second kappa shape index (κ2) is 11.2. The summed E-state index contributed by atoms with van der Waals surface area (Å²) in [7, 11) is 0. The largest absolute Gasteiger partial charge is 0.481 e. The van der Waals surface area contributed by atoms with Crippen LogP contribution >= 0.6 is 0 Å². The molecule has 0 spiro atoms. The highest BCUT2D eigenvalue weighted by atomic mass is 16.4. The molecule has 0 aromatic rings. The van der Waals surface area contributed by atoms with Gasteiger partial charge in [0.05, 0.1) is 0 Å². The Kier molecular flexibility index (Phi) is 9.68. The molecule has 4 nitrogen and oxygen atoms in total. The SMILES string of the molecule is C1CCCCC1.CCCCC1(C(=O)O)C=CC=CC1(CCCC)C(=O)O. The van der Waals surface area contributed by atoms with E-state index in [2.05, 4.69) is 0 Å². The number of aliphatic carboxylic acids is 2. The van der Waals surface area contributed by atoms with Crippen molar-refractivity contribution in [2.24, 2.45) is 10.8 Å². The van der Waals surface area contributed by atoms with Gasteiger partial charge in [0.25, 0.3) is 0 Å². The van der Waals surface area contributed by atoms with Crippen LogP contribution in [0.1, 0.15) is 90.9 Å². The monoisotopic (exact) mass is 364 g/mol. The molecule has 0 saturated heterocycles. The van der Waals surface area contributed by atoms with Gasteiger partial charge in [-0.15, -0.1) is 0 Å². The van der Waals surface area contributed by atoms with E-state index in [4.69, 9.17) is 0 Å². The van der Waals surface area contributed by atoms with E-state index in [0.29, 0.717) is 25.7 Å². The molecule has 2 rings (SSSR count). The van der Waals surface area contributed by atoms with Gasteiger partial charge in [-0.05, 0) is 12.8 Å². The van der Waals surface area contributed by atoms with Gasteiger partial charge in [0.15, 0.2) is 0 Å². The third-order valence-corrected chi connectivity index (χ3v) is 5.78. The first-order chi connectivity index (χ1) is 12.5. The highest BCUT2D eigenvalue weighted by molar-refractivity contribution is 5.90. The number of carbonyl (C=O) groups is 2. The van der Waals surface area contributed by atoms with Crippen LogP contribution in [0.15, 0.2) is 24.3 Å². The molecule has 0 aliphatic heterocycles. The zero-order valence-electron chi connectivity index (χ0n) is 16.5. The fourth-order valence-corrected chi connectivity index (χ4v) is 4.06. The van der Waals surface area contributed by atoms with Crippen LogP contribution in [-0.4, -0.2) is 22.2 Å². The molecule has 2 N–H and O–H groups in total. The second-order valence-electron chi connectivity index (χ2n) is 7.60. The van der Waals surface area contributed by atoms with E-state index in [1.807, 2.05) is 13.8 Å². The molecular weight excluding hydrogens is 328 g/mol. The summed E-state index contributed by atoms with van der Waals surface area (Å²) in [5.41, 5.74) is -2.67. The Labute approximate surface area is 158 Å².